The average molecular weight is 572 g/mol. The van der Waals surface area contributed by atoms with Gasteiger partial charge >= 0.3 is 0 Å². The van der Waals surface area contributed by atoms with E-state index in [0.717, 1.165) is 22.9 Å². The van der Waals surface area contributed by atoms with Gasteiger partial charge in [-0.25, -0.2) is 0 Å². The molecule has 5 nitrogen and oxygen atoms in total. The van der Waals surface area contributed by atoms with Crippen molar-refractivity contribution in [3.63, 3.8) is 0 Å². The molecular formula is C26H33BrCl2N2O3. The number of benzene rings is 2. The molecule has 1 atom stereocenters. The first-order valence-electron chi connectivity index (χ1n) is 11.6. The maximum absolute atomic E-state index is 13.4. The molecule has 2 amide bonds. The molecule has 0 aliphatic heterocycles. The quantitative estimate of drug-likeness (QED) is 0.279. The van der Waals surface area contributed by atoms with E-state index in [1.54, 1.807) is 18.2 Å². The molecular weight excluding hydrogens is 539 g/mol. The van der Waals surface area contributed by atoms with Crippen LogP contribution in [0.5, 0.6) is 5.75 Å². The van der Waals surface area contributed by atoms with Gasteiger partial charge in [0.2, 0.25) is 5.91 Å². The predicted octanol–water partition coefficient (Wildman–Crippen LogP) is 6.98. The average Bonchev–Trinajstić information content (AvgIpc) is 2.79. The van der Waals surface area contributed by atoms with Crippen molar-refractivity contribution in [2.24, 2.45) is 0 Å². The summed E-state index contributed by atoms with van der Waals surface area (Å²) in [5.74, 6) is 0.413. The summed E-state index contributed by atoms with van der Waals surface area (Å²) in [6, 6.07) is 10.3. The number of halogens is 3. The van der Waals surface area contributed by atoms with Gasteiger partial charge in [0.1, 0.15) is 11.8 Å². The second kappa shape index (κ2) is 14.0. The Morgan fingerprint density at radius 3 is 2.35 bits per heavy atom. The molecule has 0 aromatic heterocycles. The smallest absolute Gasteiger partial charge is 0.261 e. The largest absolute Gasteiger partial charge is 0.483 e. The molecule has 0 radical (unpaired) electrons. The SMILES string of the molecule is CCCCNC(=O)[C@H](CC)N(Cc1c(Cl)cccc1Cl)C(=O)COc1ccc(C(C)C)cc1Br. The van der Waals surface area contributed by atoms with E-state index in [0.29, 0.717) is 40.2 Å². The fraction of sp³-hybridized carbons (Fsp3) is 0.462. The fourth-order valence-electron chi connectivity index (χ4n) is 3.50. The molecule has 34 heavy (non-hydrogen) atoms. The van der Waals surface area contributed by atoms with Gasteiger partial charge in [0.15, 0.2) is 6.61 Å². The van der Waals surface area contributed by atoms with Crippen molar-refractivity contribution in [1.29, 1.82) is 0 Å². The molecule has 0 aliphatic carbocycles. The van der Waals surface area contributed by atoms with Crippen LogP contribution in [0.4, 0.5) is 0 Å². The van der Waals surface area contributed by atoms with Crippen LogP contribution in [-0.4, -0.2) is 35.9 Å². The molecule has 0 fully saturated rings. The maximum atomic E-state index is 13.4. The highest BCUT2D eigenvalue weighted by atomic mass is 79.9. The molecule has 1 N–H and O–H groups in total. The van der Waals surface area contributed by atoms with Crippen molar-refractivity contribution in [3.8, 4) is 5.75 Å². The van der Waals surface area contributed by atoms with Gasteiger partial charge in [-0.15, -0.1) is 0 Å². The molecule has 8 heteroatoms. The van der Waals surface area contributed by atoms with Crippen molar-refractivity contribution in [2.45, 2.75) is 65.5 Å². The lowest BCUT2D eigenvalue weighted by atomic mass is 10.0. The summed E-state index contributed by atoms with van der Waals surface area (Å²) < 4.78 is 6.62. The first kappa shape index (κ1) is 28.5. The molecule has 2 aromatic rings. The summed E-state index contributed by atoms with van der Waals surface area (Å²) in [6.45, 7) is 8.60. The van der Waals surface area contributed by atoms with Crippen molar-refractivity contribution in [2.75, 3.05) is 13.2 Å². The van der Waals surface area contributed by atoms with Crippen LogP contribution in [0.2, 0.25) is 10.0 Å². The zero-order valence-electron chi connectivity index (χ0n) is 20.2. The molecule has 0 saturated heterocycles. The normalized spacial score (nSPS) is 11.9. The van der Waals surface area contributed by atoms with E-state index >= 15 is 0 Å². The van der Waals surface area contributed by atoms with Crippen LogP contribution in [0.15, 0.2) is 40.9 Å². The third kappa shape index (κ3) is 7.89. The van der Waals surface area contributed by atoms with Gasteiger partial charge in [0.25, 0.3) is 5.91 Å². The number of rotatable bonds is 12. The van der Waals surface area contributed by atoms with E-state index in [-0.39, 0.29) is 25.0 Å². The van der Waals surface area contributed by atoms with E-state index in [2.05, 4.69) is 42.0 Å². The second-order valence-corrected chi connectivity index (χ2v) is 10.1. The van der Waals surface area contributed by atoms with Crippen molar-refractivity contribution >= 4 is 50.9 Å². The molecule has 0 aliphatic rings. The summed E-state index contributed by atoms with van der Waals surface area (Å²) in [5, 5.41) is 3.83. The van der Waals surface area contributed by atoms with Crippen LogP contribution in [-0.2, 0) is 16.1 Å². The van der Waals surface area contributed by atoms with Crippen LogP contribution >= 0.6 is 39.1 Å². The standard InChI is InChI=1S/C26H33BrCl2N2O3/c1-5-7-13-30-26(33)23(6-2)31(15-19-21(28)9-8-10-22(19)29)25(32)16-34-24-12-11-18(17(3)4)14-20(24)27/h8-12,14,17,23H,5-7,13,15-16H2,1-4H3,(H,30,33)/t23-/m0/s1. The summed E-state index contributed by atoms with van der Waals surface area (Å²) in [6.07, 6.45) is 2.28. The molecule has 2 aromatic carbocycles. The van der Waals surface area contributed by atoms with E-state index in [4.69, 9.17) is 27.9 Å². The molecule has 0 unspecified atom stereocenters. The number of hydrogen-bond donors (Lipinski definition) is 1. The van der Waals surface area contributed by atoms with Crippen molar-refractivity contribution in [3.05, 3.63) is 62.0 Å². The van der Waals surface area contributed by atoms with Gasteiger partial charge < -0.3 is 15.0 Å². The number of nitrogens with one attached hydrogen (secondary N) is 1. The van der Waals surface area contributed by atoms with Gasteiger partial charge in [0.05, 0.1) is 4.47 Å². The second-order valence-electron chi connectivity index (χ2n) is 8.42. The Hall–Kier alpha value is -1.76. The third-order valence-electron chi connectivity index (χ3n) is 5.58. The van der Waals surface area contributed by atoms with Gasteiger partial charge in [0, 0.05) is 28.7 Å². The van der Waals surface area contributed by atoms with Gasteiger partial charge in [-0.05, 0) is 64.5 Å². The zero-order chi connectivity index (χ0) is 25.3. The molecule has 186 valence electrons. The summed E-state index contributed by atoms with van der Waals surface area (Å²) in [5.41, 5.74) is 1.76. The van der Waals surface area contributed by atoms with Crippen LogP contribution in [0.3, 0.4) is 0 Å². The topological polar surface area (TPSA) is 58.6 Å². The number of unbranched alkanes of at least 4 members (excludes halogenated alkanes) is 1. The van der Waals surface area contributed by atoms with Crippen molar-refractivity contribution in [1.82, 2.24) is 10.2 Å². The molecule has 0 bridgehead atoms. The lowest BCUT2D eigenvalue weighted by molar-refractivity contribution is -0.143. The minimum Gasteiger partial charge on any atom is -0.483 e. The first-order valence-corrected chi connectivity index (χ1v) is 13.2. The highest BCUT2D eigenvalue weighted by Crippen LogP contribution is 2.30. The number of ether oxygens (including phenoxy) is 1. The molecule has 0 spiro atoms. The van der Waals surface area contributed by atoms with Gasteiger partial charge in [-0.3, -0.25) is 9.59 Å². The van der Waals surface area contributed by atoms with Gasteiger partial charge in [-0.2, -0.15) is 0 Å². The van der Waals surface area contributed by atoms with E-state index in [1.807, 2.05) is 25.1 Å². The Kier molecular flexibility index (Phi) is 11.7. The Labute approximate surface area is 221 Å². The number of carbonyl (C=O) groups is 2. The van der Waals surface area contributed by atoms with Gasteiger partial charge in [-0.1, -0.05) is 69.5 Å². The van der Waals surface area contributed by atoms with E-state index < -0.39 is 6.04 Å². The number of carbonyl (C=O) groups excluding carboxylic acids is 2. The first-order chi connectivity index (χ1) is 16.2. The lowest BCUT2D eigenvalue weighted by Crippen LogP contribution is -2.50. The predicted molar refractivity (Wildman–Crippen MR) is 143 cm³/mol. The van der Waals surface area contributed by atoms with E-state index in [1.165, 1.54) is 4.90 Å². The molecule has 0 saturated carbocycles. The Balaban J connectivity index is 2.26. The van der Waals surface area contributed by atoms with Crippen LogP contribution in [0.25, 0.3) is 0 Å². The Morgan fingerprint density at radius 1 is 1.12 bits per heavy atom. The zero-order valence-corrected chi connectivity index (χ0v) is 23.3. The van der Waals surface area contributed by atoms with Crippen LogP contribution < -0.4 is 10.1 Å². The summed E-state index contributed by atoms with van der Waals surface area (Å²) >= 11 is 16.3. The monoisotopic (exact) mass is 570 g/mol. The number of nitrogens with zero attached hydrogens (tertiary/aromatic N) is 1. The summed E-state index contributed by atoms with van der Waals surface area (Å²) in [7, 11) is 0. The van der Waals surface area contributed by atoms with Crippen molar-refractivity contribution < 1.29 is 14.3 Å². The minimum atomic E-state index is -0.674. The Morgan fingerprint density at radius 2 is 1.79 bits per heavy atom. The highest BCUT2D eigenvalue weighted by Gasteiger charge is 2.30. The minimum absolute atomic E-state index is 0.105. The van der Waals surface area contributed by atoms with Crippen LogP contribution in [0.1, 0.15) is 64.0 Å². The Bertz CT molecular complexity index is 964. The maximum Gasteiger partial charge on any atom is 0.261 e. The highest BCUT2D eigenvalue weighted by molar-refractivity contribution is 9.10. The fourth-order valence-corrected chi connectivity index (χ4v) is 4.52. The van der Waals surface area contributed by atoms with Crippen LogP contribution in [0, 0.1) is 0 Å². The lowest BCUT2D eigenvalue weighted by Gasteiger charge is -2.31. The number of hydrogen-bond acceptors (Lipinski definition) is 3. The molecule has 0 heterocycles. The number of amides is 2. The molecule has 2 rings (SSSR count). The third-order valence-corrected chi connectivity index (χ3v) is 6.91. The van der Waals surface area contributed by atoms with E-state index in [9.17, 15) is 9.59 Å². The summed E-state index contributed by atoms with van der Waals surface area (Å²) in [4.78, 5) is 27.9.